The van der Waals surface area contributed by atoms with Crippen molar-refractivity contribution >= 4 is 17.5 Å². The highest BCUT2D eigenvalue weighted by molar-refractivity contribution is 6.30. The third-order valence-electron chi connectivity index (χ3n) is 5.90. The third kappa shape index (κ3) is 6.35. The standard InChI is InChI=1S/C25H29ClN4O3/c1-30(21-9-12-32-13-10-21)11-14-33-22-4-2-3-18(15-22)16-27-25(31)23-17-28-29-24(23)19-5-7-20(26)8-6-19/h2-8,15,17,21H,9-14,16H2,1H3,(H,27,31)(H,28,29). The van der Waals surface area contributed by atoms with Crippen LogP contribution in [0.3, 0.4) is 0 Å². The van der Waals surface area contributed by atoms with Gasteiger partial charge >= 0.3 is 0 Å². The quantitative estimate of drug-likeness (QED) is 0.493. The molecule has 1 aromatic heterocycles. The van der Waals surface area contributed by atoms with Crippen molar-refractivity contribution in [3.63, 3.8) is 0 Å². The fourth-order valence-electron chi connectivity index (χ4n) is 3.93. The van der Waals surface area contributed by atoms with Gasteiger partial charge in [0.15, 0.2) is 0 Å². The summed E-state index contributed by atoms with van der Waals surface area (Å²) in [5, 5.41) is 10.6. The summed E-state index contributed by atoms with van der Waals surface area (Å²) in [5.41, 5.74) is 2.97. The van der Waals surface area contributed by atoms with Crippen molar-refractivity contribution in [1.82, 2.24) is 20.4 Å². The largest absolute Gasteiger partial charge is 0.492 e. The molecule has 174 valence electrons. The van der Waals surface area contributed by atoms with E-state index in [0.717, 1.165) is 49.5 Å². The molecule has 0 bridgehead atoms. The van der Waals surface area contributed by atoms with Crippen LogP contribution in [-0.2, 0) is 11.3 Å². The first-order valence-corrected chi connectivity index (χ1v) is 11.5. The van der Waals surface area contributed by atoms with Crippen LogP contribution in [0.1, 0.15) is 28.8 Å². The Morgan fingerprint density at radius 1 is 1.24 bits per heavy atom. The van der Waals surface area contributed by atoms with Gasteiger partial charge in [-0.3, -0.25) is 14.8 Å². The Labute approximate surface area is 199 Å². The number of ether oxygens (including phenoxy) is 2. The van der Waals surface area contributed by atoms with E-state index in [4.69, 9.17) is 21.1 Å². The average molecular weight is 469 g/mol. The second-order valence-electron chi connectivity index (χ2n) is 8.17. The van der Waals surface area contributed by atoms with Crippen molar-refractivity contribution in [1.29, 1.82) is 0 Å². The predicted molar refractivity (Wildman–Crippen MR) is 129 cm³/mol. The van der Waals surface area contributed by atoms with Crippen LogP contribution in [0.5, 0.6) is 5.75 Å². The van der Waals surface area contributed by atoms with Crippen LogP contribution >= 0.6 is 11.6 Å². The zero-order chi connectivity index (χ0) is 23.0. The van der Waals surface area contributed by atoms with E-state index in [-0.39, 0.29) is 5.91 Å². The number of aromatic amines is 1. The summed E-state index contributed by atoms with van der Waals surface area (Å²) in [4.78, 5) is 15.1. The molecule has 8 heteroatoms. The van der Waals surface area contributed by atoms with E-state index in [1.54, 1.807) is 12.1 Å². The SMILES string of the molecule is CN(CCOc1cccc(CNC(=O)c2cn[nH]c2-c2ccc(Cl)cc2)c1)C1CCOCC1. The van der Waals surface area contributed by atoms with Gasteiger partial charge in [-0.25, -0.2) is 0 Å². The number of hydrogen-bond donors (Lipinski definition) is 2. The van der Waals surface area contributed by atoms with Gasteiger partial charge in [-0.15, -0.1) is 0 Å². The van der Waals surface area contributed by atoms with Crippen LogP contribution in [0, 0.1) is 0 Å². The molecule has 1 amide bonds. The molecule has 0 unspecified atom stereocenters. The minimum absolute atomic E-state index is 0.196. The van der Waals surface area contributed by atoms with Gasteiger partial charge in [-0.1, -0.05) is 35.9 Å². The Balaban J connectivity index is 1.29. The second kappa shape index (κ2) is 11.3. The highest BCUT2D eigenvalue weighted by Crippen LogP contribution is 2.23. The molecule has 1 saturated heterocycles. The molecule has 3 aromatic rings. The monoisotopic (exact) mass is 468 g/mol. The molecule has 1 fully saturated rings. The van der Waals surface area contributed by atoms with Gasteiger partial charge in [0.05, 0.1) is 17.5 Å². The zero-order valence-electron chi connectivity index (χ0n) is 18.7. The fourth-order valence-corrected chi connectivity index (χ4v) is 4.06. The first-order chi connectivity index (χ1) is 16.1. The molecule has 2 N–H and O–H groups in total. The van der Waals surface area contributed by atoms with Crippen LogP contribution in [0.25, 0.3) is 11.3 Å². The minimum Gasteiger partial charge on any atom is -0.492 e. The van der Waals surface area contributed by atoms with Crippen molar-refractivity contribution in [2.75, 3.05) is 33.4 Å². The molecule has 2 aromatic carbocycles. The van der Waals surface area contributed by atoms with E-state index in [2.05, 4.69) is 27.5 Å². The molecule has 0 radical (unpaired) electrons. The van der Waals surface area contributed by atoms with Crippen LogP contribution in [-0.4, -0.2) is 60.5 Å². The number of carbonyl (C=O) groups excluding carboxylic acids is 1. The second-order valence-corrected chi connectivity index (χ2v) is 8.60. The first kappa shape index (κ1) is 23.3. The Bertz CT molecular complexity index is 1050. The Morgan fingerprint density at radius 3 is 2.82 bits per heavy atom. The van der Waals surface area contributed by atoms with Crippen LogP contribution < -0.4 is 10.1 Å². The summed E-state index contributed by atoms with van der Waals surface area (Å²) in [7, 11) is 2.14. The average Bonchev–Trinajstić information content (AvgIpc) is 3.34. The fraction of sp³-hybridized carbons (Fsp3) is 0.360. The van der Waals surface area contributed by atoms with Crippen LogP contribution in [0.4, 0.5) is 0 Å². The molecule has 1 aliphatic heterocycles. The lowest BCUT2D eigenvalue weighted by Crippen LogP contribution is -2.38. The molecule has 0 saturated carbocycles. The summed E-state index contributed by atoms with van der Waals surface area (Å²) in [6, 6.07) is 15.6. The normalized spacial score (nSPS) is 14.4. The maximum absolute atomic E-state index is 12.8. The number of carbonyl (C=O) groups is 1. The number of amides is 1. The number of rotatable bonds is 9. The lowest BCUT2D eigenvalue weighted by Gasteiger charge is -2.31. The summed E-state index contributed by atoms with van der Waals surface area (Å²) in [6.07, 6.45) is 3.68. The first-order valence-electron chi connectivity index (χ1n) is 11.2. The highest BCUT2D eigenvalue weighted by atomic mass is 35.5. The van der Waals surface area contributed by atoms with Gasteiger partial charge < -0.3 is 14.8 Å². The molecule has 4 rings (SSSR count). The van der Waals surface area contributed by atoms with Gasteiger partial charge in [-0.2, -0.15) is 5.10 Å². The number of hydrogen-bond acceptors (Lipinski definition) is 5. The maximum atomic E-state index is 12.8. The Hall–Kier alpha value is -2.87. The van der Waals surface area contributed by atoms with Crippen LogP contribution in [0.15, 0.2) is 54.7 Å². The van der Waals surface area contributed by atoms with Gasteiger partial charge in [0, 0.05) is 42.9 Å². The maximum Gasteiger partial charge on any atom is 0.255 e. The summed E-state index contributed by atoms with van der Waals surface area (Å²) in [5.74, 6) is 0.602. The molecule has 2 heterocycles. The van der Waals surface area contributed by atoms with E-state index in [0.29, 0.717) is 35.5 Å². The minimum atomic E-state index is -0.196. The van der Waals surface area contributed by atoms with Crippen molar-refractivity contribution in [2.24, 2.45) is 0 Å². The number of nitrogens with one attached hydrogen (secondary N) is 2. The number of aromatic nitrogens is 2. The topological polar surface area (TPSA) is 79.5 Å². The van der Waals surface area contributed by atoms with E-state index in [9.17, 15) is 4.79 Å². The van der Waals surface area contributed by atoms with E-state index < -0.39 is 0 Å². The number of nitrogens with zero attached hydrogens (tertiary/aromatic N) is 2. The van der Waals surface area contributed by atoms with Gasteiger partial charge in [-0.05, 0) is 49.7 Å². The summed E-state index contributed by atoms with van der Waals surface area (Å²) in [6.45, 7) is 3.54. The molecule has 0 spiro atoms. The number of benzene rings is 2. The summed E-state index contributed by atoms with van der Waals surface area (Å²) < 4.78 is 11.4. The molecule has 1 aliphatic rings. The van der Waals surface area contributed by atoms with Gasteiger partial charge in [0.1, 0.15) is 12.4 Å². The van der Waals surface area contributed by atoms with Crippen LogP contribution in [0.2, 0.25) is 5.02 Å². The smallest absolute Gasteiger partial charge is 0.255 e. The molecule has 0 atom stereocenters. The molecule has 33 heavy (non-hydrogen) atoms. The lowest BCUT2D eigenvalue weighted by atomic mass is 10.1. The lowest BCUT2D eigenvalue weighted by molar-refractivity contribution is 0.0392. The molecular formula is C25H29ClN4O3. The highest BCUT2D eigenvalue weighted by Gasteiger charge is 2.18. The third-order valence-corrected chi connectivity index (χ3v) is 6.15. The van der Waals surface area contributed by atoms with Crippen molar-refractivity contribution < 1.29 is 14.3 Å². The molecule has 7 nitrogen and oxygen atoms in total. The number of likely N-dealkylation sites (N-methyl/N-ethyl adjacent to an activating group) is 1. The Morgan fingerprint density at radius 2 is 2.03 bits per heavy atom. The van der Waals surface area contributed by atoms with E-state index in [1.807, 2.05) is 36.4 Å². The zero-order valence-corrected chi connectivity index (χ0v) is 19.5. The molecular weight excluding hydrogens is 440 g/mol. The van der Waals surface area contributed by atoms with Crippen molar-refractivity contribution in [3.05, 3.63) is 70.9 Å². The van der Waals surface area contributed by atoms with E-state index >= 15 is 0 Å². The van der Waals surface area contributed by atoms with Crippen molar-refractivity contribution in [2.45, 2.75) is 25.4 Å². The van der Waals surface area contributed by atoms with Gasteiger partial charge in [0.2, 0.25) is 0 Å². The number of H-pyrrole nitrogens is 1. The summed E-state index contributed by atoms with van der Waals surface area (Å²) >= 11 is 5.97. The predicted octanol–water partition coefficient (Wildman–Crippen LogP) is 4.15. The van der Waals surface area contributed by atoms with Gasteiger partial charge in [0.25, 0.3) is 5.91 Å². The van der Waals surface area contributed by atoms with Crippen molar-refractivity contribution in [3.8, 4) is 17.0 Å². The Kier molecular flexibility index (Phi) is 7.99. The number of halogens is 1. The molecule has 0 aliphatic carbocycles. The van der Waals surface area contributed by atoms with E-state index in [1.165, 1.54) is 6.20 Å².